The zero-order chi connectivity index (χ0) is 16.5. The van der Waals surface area contributed by atoms with Crippen LogP contribution in [0.25, 0.3) is 11.8 Å². The van der Waals surface area contributed by atoms with Crippen LogP contribution in [-0.2, 0) is 6.54 Å². The average molecular weight is 356 g/mol. The lowest BCUT2D eigenvalue weighted by Crippen LogP contribution is -2.35. The van der Waals surface area contributed by atoms with E-state index in [4.69, 9.17) is 0 Å². The summed E-state index contributed by atoms with van der Waals surface area (Å²) in [7, 11) is 0. The molecular weight excluding hydrogens is 340 g/mol. The van der Waals surface area contributed by atoms with E-state index in [0.29, 0.717) is 5.76 Å². The van der Waals surface area contributed by atoms with E-state index in [0.717, 1.165) is 32.3 Å². The summed E-state index contributed by atoms with van der Waals surface area (Å²) in [5.41, 5.74) is 4.21. The van der Waals surface area contributed by atoms with Gasteiger partial charge in [-0.15, -0.1) is 22.7 Å². The maximum absolute atomic E-state index is 9.64. The molecule has 24 heavy (non-hydrogen) atoms. The molecule has 0 amide bonds. The van der Waals surface area contributed by atoms with Crippen LogP contribution in [0, 0.1) is 9.88 Å². The van der Waals surface area contributed by atoms with Crippen LogP contribution >= 0.6 is 22.7 Å². The summed E-state index contributed by atoms with van der Waals surface area (Å²) in [6.45, 7) is 2.48. The third-order valence-electron chi connectivity index (χ3n) is 3.67. The van der Waals surface area contributed by atoms with Crippen molar-refractivity contribution in [1.82, 2.24) is 15.0 Å². The lowest BCUT2D eigenvalue weighted by atomic mass is 10.4. The quantitative estimate of drug-likeness (QED) is 0.671. The number of imidazole rings is 1. The summed E-state index contributed by atoms with van der Waals surface area (Å²) in [5.74, 6) is 1.26. The molecule has 0 bridgehead atoms. The van der Waals surface area contributed by atoms with Crippen LogP contribution in [0.3, 0.4) is 0 Å². The number of rotatable bonds is 3. The Morgan fingerprint density at radius 2 is 2.25 bits per heavy atom. The van der Waals surface area contributed by atoms with Gasteiger partial charge in [0.25, 0.3) is 0 Å². The summed E-state index contributed by atoms with van der Waals surface area (Å²) >= 11 is 3.28. The van der Waals surface area contributed by atoms with Crippen molar-refractivity contribution in [2.75, 3.05) is 5.43 Å². The van der Waals surface area contributed by atoms with Crippen molar-refractivity contribution >= 4 is 34.5 Å². The van der Waals surface area contributed by atoms with Crippen LogP contribution in [0.2, 0.25) is 0 Å². The molecule has 1 aliphatic heterocycles. The standard InChI is InChI=1S/C17H16N4OS2/c1-11(22)14-4-5-15(24-14)13-10-19-17-7-6-16(20-21(13)17)18-9-12-3-2-8-23-12/h2-8,10,18,20,22H,9H2,1H3/b14-11-,15-13-. The van der Waals surface area contributed by atoms with Gasteiger partial charge >= 0.3 is 0 Å². The zero-order valence-corrected chi connectivity index (χ0v) is 14.6. The highest BCUT2D eigenvalue weighted by atomic mass is 32.1. The number of hydrogen-bond donors (Lipinski definition) is 3. The highest BCUT2D eigenvalue weighted by Gasteiger charge is 2.07. The topological polar surface area (TPSA) is 62.1 Å². The molecule has 1 aliphatic rings. The second-order valence-corrected chi connectivity index (χ2v) is 7.49. The highest BCUT2D eigenvalue weighted by molar-refractivity contribution is 7.09. The van der Waals surface area contributed by atoms with E-state index in [9.17, 15) is 5.11 Å². The van der Waals surface area contributed by atoms with E-state index in [2.05, 4.69) is 33.2 Å². The van der Waals surface area contributed by atoms with E-state index in [1.54, 1.807) is 29.6 Å². The first-order valence-corrected chi connectivity index (χ1v) is 9.19. The largest absolute Gasteiger partial charge is 0.511 e. The van der Waals surface area contributed by atoms with E-state index < -0.39 is 0 Å². The monoisotopic (exact) mass is 356 g/mol. The molecule has 0 radical (unpaired) electrons. The molecule has 122 valence electrons. The van der Waals surface area contributed by atoms with Crippen LogP contribution in [0.1, 0.15) is 11.8 Å². The number of allylic oxidation sites excluding steroid dienone is 1. The van der Waals surface area contributed by atoms with Gasteiger partial charge in [0.1, 0.15) is 16.9 Å². The first-order valence-electron chi connectivity index (χ1n) is 7.50. The van der Waals surface area contributed by atoms with Crippen molar-refractivity contribution in [3.8, 4) is 0 Å². The summed E-state index contributed by atoms with van der Waals surface area (Å²) in [6, 6.07) is 8.09. The minimum absolute atomic E-state index is 0.336. The van der Waals surface area contributed by atoms with Crippen molar-refractivity contribution in [3.63, 3.8) is 0 Å². The number of aliphatic hydroxyl groups is 1. The minimum Gasteiger partial charge on any atom is -0.511 e. The number of aliphatic hydroxyl groups excluding tert-OH is 1. The SMILES string of the molecule is C/C(O)=c1\cc/c(=c2\cnc3n2NC(NCc2cccs2)=CC=3)s1. The zero-order valence-electron chi connectivity index (χ0n) is 13.0. The number of fused-ring (bicyclic) bond motifs is 1. The molecule has 5 nitrogen and oxygen atoms in total. The van der Waals surface area contributed by atoms with Crippen LogP contribution < -0.4 is 20.8 Å². The van der Waals surface area contributed by atoms with Gasteiger partial charge in [0.2, 0.25) is 0 Å². The summed E-state index contributed by atoms with van der Waals surface area (Å²) in [4.78, 5) is 5.73. The lowest BCUT2D eigenvalue weighted by Gasteiger charge is -2.16. The molecule has 4 heterocycles. The smallest absolute Gasteiger partial charge is 0.152 e. The van der Waals surface area contributed by atoms with Crippen molar-refractivity contribution in [1.29, 1.82) is 0 Å². The van der Waals surface area contributed by atoms with Gasteiger partial charge in [0, 0.05) is 4.88 Å². The molecule has 4 rings (SSSR count). The third kappa shape index (κ3) is 2.83. The highest BCUT2D eigenvalue weighted by Crippen LogP contribution is 2.09. The maximum Gasteiger partial charge on any atom is 0.152 e. The first kappa shape index (κ1) is 15.0. The van der Waals surface area contributed by atoms with Crippen LogP contribution in [0.5, 0.6) is 0 Å². The molecule has 0 spiro atoms. The van der Waals surface area contributed by atoms with Gasteiger partial charge < -0.3 is 10.4 Å². The summed E-state index contributed by atoms with van der Waals surface area (Å²) < 4.78 is 3.88. The minimum atomic E-state index is 0.336. The molecule has 0 aliphatic carbocycles. The van der Waals surface area contributed by atoms with Crippen LogP contribution in [0.15, 0.2) is 47.7 Å². The van der Waals surface area contributed by atoms with Crippen LogP contribution in [0.4, 0.5) is 0 Å². The Hall–Kier alpha value is -2.51. The molecule has 0 saturated heterocycles. The molecule has 0 fully saturated rings. The molecule has 0 aromatic carbocycles. The van der Waals surface area contributed by atoms with E-state index >= 15 is 0 Å². The van der Waals surface area contributed by atoms with E-state index in [1.165, 1.54) is 4.88 Å². The number of aromatic nitrogens is 2. The molecule has 0 saturated carbocycles. The second kappa shape index (κ2) is 6.18. The van der Waals surface area contributed by atoms with Crippen molar-refractivity contribution in [3.05, 3.63) is 72.5 Å². The average Bonchev–Trinajstić information content (AvgIpc) is 3.31. The first-order chi connectivity index (χ1) is 11.7. The number of thiophene rings is 2. The summed E-state index contributed by atoms with van der Waals surface area (Å²) in [6.07, 6.45) is 5.82. The van der Waals surface area contributed by atoms with Crippen molar-refractivity contribution in [2.45, 2.75) is 13.5 Å². The van der Waals surface area contributed by atoms with Crippen LogP contribution in [-0.4, -0.2) is 14.8 Å². The Bertz CT molecular complexity index is 1100. The normalized spacial score (nSPS) is 15.8. The molecule has 7 heteroatoms. The van der Waals surface area contributed by atoms with Gasteiger partial charge in [-0.05, 0) is 42.7 Å². The Labute approximate surface area is 146 Å². The van der Waals surface area contributed by atoms with Gasteiger partial charge in [0.05, 0.1) is 21.8 Å². The molecule has 0 unspecified atom stereocenters. The fourth-order valence-corrected chi connectivity index (χ4v) is 4.00. The Balaban J connectivity index is 1.69. The number of nitrogens with zero attached hydrogens (tertiary/aromatic N) is 2. The van der Waals surface area contributed by atoms with Gasteiger partial charge in [-0.1, -0.05) is 6.07 Å². The van der Waals surface area contributed by atoms with E-state index in [-0.39, 0.29) is 0 Å². The third-order valence-corrected chi connectivity index (χ3v) is 5.76. The molecular formula is C17H16N4OS2. The molecule has 0 atom stereocenters. The van der Waals surface area contributed by atoms with Crippen molar-refractivity contribution in [2.24, 2.45) is 0 Å². The molecule has 3 N–H and O–H groups in total. The number of nitrogens with one attached hydrogen (secondary N) is 2. The van der Waals surface area contributed by atoms with Gasteiger partial charge in [-0.2, -0.15) is 0 Å². The van der Waals surface area contributed by atoms with Gasteiger partial charge in [-0.25, -0.2) is 9.66 Å². The Morgan fingerprint density at radius 1 is 1.33 bits per heavy atom. The Morgan fingerprint density at radius 3 is 3.00 bits per heavy atom. The molecule has 3 aromatic rings. The predicted molar refractivity (Wildman–Crippen MR) is 98.2 cm³/mol. The fourth-order valence-electron chi connectivity index (χ4n) is 2.45. The summed E-state index contributed by atoms with van der Waals surface area (Å²) in [5, 5.41) is 16.1. The number of hydrogen-bond acceptors (Lipinski definition) is 6. The van der Waals surface area contributed by atoms with Gasteiger partial charge in [-0.3, -0.25) is 5.43 Å². The maximum atomic E-state index is 9.64. The second-order valence-electron chi connectivity index (χ2n) is 5.38. The van der Waals surface area contributed by atoms with Gasteiger partial charge in [0.15, 0.2) is 5.48 Å². The van der Waals surface area contributed by atoms with E-state index in [1.807, 2.05) is 35.2 Å². The Kier molecular flexibility index (Phi) is 3.87. The van der Waals surface area contributed by atoms with Crippen molar-refractivity contribution < 1.29 is 5.11 Å². The molecule has 3 aromatic heterocycles. The lowest BCUT2D eigenvalue weighted by molar-refractivity contribution is 0.500. The predicted octanol–water partition coefficient (Wildman–Crippen LogP) is 1.95. The fraction of sp³-hybridized carbons (Fsp3) is 0.118.